The van der Waals surface area contributed by atoms with Gasteiger partial charge >= 0.3 is 0 Å². The molecule has 0 spiro atoms. The largest absolute Gasteiger partial charge is 0.0843 e. The number of alkyl halides is 1. The van der Waals surface area contributed by atoms with E-state index in [1.807, 2.05) is 12.1 Å². The minimum absolute atomic E-state index is 0.481. The summed E-state index contributed by atoms with van der Waals surface area (Å²) in [5, 5.41) is 0.809. The number of hydrogen-bond donors (Lipinski definition) is 0. The van der Waals surface area contributed by atoms with E-state index in [1.54, 1.807) is 0 Å². The van der Waals surface area contributed by atoms with Crippen molar-refractivity contribution >= 4 is 27.5 Å². The van der Waals surface area contributed by atoms with Crippen LogP contribution < -0.4 is 0 Å². The maximum Gasteiger partial charge on any atom is 0.0428 e. The monoisotopic (exact) mass is 272 g/mol. The minimum Gasteiger partial charge on any atom is -0.0843 e. The molecule has 1 fully saturated rings. The van der Waals surface area contributed by atoms with Crippen LogP contribution in [0.15, 0.2) is 24.3 Å². The molecule has 0 radical (unpaired) electrons. The maximum atomic E-state index is 5.85. The summed E-state index contributed by atoms with van der Waals surface area (Å²) in [6, 6.07) is 8.13. The summed E-state index contributed by atoms with van der Waals surface area (Å²) in [5.74, 6) is 0.767. The number of benzene rings is 1. The van der Waals surface area contributed by atoms with Crippen LogP contribution in [0.2, 0.25) is 5.02 Å². The molecule has 2 unspecified atom stereocenters. The Labute approximate surface area is 98.8 Å². The molecule has 1 saturated carbocycles. The van der Waals surface area contributed by atoms with Crippen LogP contribution >= 0.6 is 27.5 Å². The van der Waals surface area contributed by atoms with Crippen molar-refractivity contribution in [2.24, 2.45) is 11.3 Å². The normalized spacial score (nSPS) is 25.9. The Bertz CT molecular complexity index is 329. The molecular formula is C12H14BrCl. The molecule has 76 valence electrons. The first-order valence-corrected chi connectivity index (χ1v) is 6.19. The summed E-state index contributed by atoms with van der Waals surface area (Å²) in [6.45, 7) is 4.64. The maximum absolute atomic E-state index is 5.85. The van der Waals surface area contributed by atoms with E-state index < -0.39 is 0 Å². The van der Waals surface area contributed by atoms with Gasteiger partial charge in [0.1, 0.15) is 0 Å². The second-order valence-electron chi connectivity index (χ2n) is 4.75. The highest BCUT2D eigenvalue weighted by Crippen LogP contribution is 2.60. The van der Waals surface area contributed by atoms with Crippen molar-refractivity contribution in [1.82, 2.24) is 0 Å². The zero-order chi connectivity index (χ0) is 10.3. The minimum atomic E-state index is 0.481. The fraction of sp³-hybridized carbons (Fsp3) is 0.500. The van der Waals surface area contributed by atoms with Gasteiger partial charge in [0, 0.05) is 9.85 Å². The number of hydrogen-bond acceptors (Lipinski definition) is 0. The van der Waals surface area contributed by atoms with E-state index in [1.165, 1.54) is 12.0 Å². The van der Waals surface area contributed by atoms with E-state index in [9.17, 15) is 0 Å². The van der Waals surface area contributed by atoms with Crippen molar-refractivity contribution in [2.45, 2.75) is 25.1 Å². The molecule has 2 atom stereocenters. The van der Waals surface area contributed by atoms with Crippen molar-refractivity contribution < 1.29 is 0 Å². The van der Waals surface area contributed by atoms with E-state index in [2.05, 4.69) is 41.9 Å². The molecule has 14 heavy (non-hydrogen) atoms. The summed E-state index contributed by atoms with van der Waals surface area (Å²) in [6.07, 6.45) is 1.31. The standard InChI is InChI=1S/C12H14BrCl/c1-12(2)7-10(12)11(13)8-3-5-9(14)6-4-8/h3-6,10-11H,7H2,1-2H3. The molecule has 0 heterocycles. The second kappa shape index (κ2) is 3.53. The van der Waals surface area contributed by atoms with Gasteiger partial charge in [0.05, 0.1) is 0 Å². The molecule has 0 bridgehead atoms. The zero-order valence-electron chi connectivity index (χ0n) is 8.43. The van der Waals surface area contributed by atoms with Gasteiger partial charge in [0.25, 0.3) is 0 Å². The Hall–Kier alpha value is -0.0100. The molecule has 0 aromatic heterocycles. The van der Waals surface area contributed by atoms with Crippen molar-refractivity contribution in [3.63, 3.8) is 0 Å². The highest BCUT2D eigenvalue weighted by atomic mass is 79.9. The summed E-state index contributed by atoms with van der Waals surface area (Å²) in [5.41, 5.74) is 1.85. The van der Waals surface area contributed by atoms with Crippen LogP contribution in [-0.2, 0) is 0 Å². The van der Waals surface area contributed by atoms with Crippen LogP contribution in [0.1, 0.15) is 30.7 Å². The summed E-state index contributed by atoms with van der Waals surface area (Å²) < 4.78 is 0. The molecule has 2 rings (SSSR count). The van der Waals surface area contributed by atoms with Crippen LogP contribution in [0.4, 0.5) is 0 Å². The predicted octanol–water partition coefficient (Wildman–Crippen LogP) is 4.82. The molecule has 1 aliphatic rings. The van der Waals surface area contributed by atoms with Crippen LogP contribution in [-0.4, -0.2) is 0 Å². The SMILES string of the molecule is CC1(C)CC1C(Br)c1ccc(Cl)cc1. The first-order valence-electron chi connectivity index (χ1n) is 4.90. The summed E-state index contributed by atoms with van der Waals surface area (Å²) in [4.78, 5) is 0.481. The smallest absolute Gasteiger partial charge is 0.0428 e. The van der Waals surface area contributed by atoms with Crippen molar-refractivity contribution in [3.8, 4) is 0 Å². The van der Waals surface area contributed by atoms with Gasteiger partial charge in [0.15, 0.2) is 0 Å². The third-order valence-corrected chi connectivity index (χ3v) is 4.55. The molecule has 0 nitrogen and oxygen atoms in total. The van der Waals surface area contributed by atoms with Crippen LogP contribution in [0.25, 0.3) is 0 Å². The van der Waals surface area contributed by atoms with Gasteiger partial charge in [-0.1, -0.05) is 53.5 Å². The highest BCUT2D eigenvalue weighted by molar-refractivity contribution is 9.09. The Kier molecular flexibility index (Phi) is 2.65. The van der Waals surface area contributed by atoms with Gasteiger partial charge in [-0.15, -0.1) is 0 Å². The topological polar surface area (TPSA) is 0 Å². The first-order chi connectivity index (χ1) is 6.50. The van der Waals surface area contributed by atoms with Crippen molar-refractivity contribution in [1.29, 1.82) is 0 Å². The number of halogens is 2. The average Bonchev–Trinajstić information content (AvgIpc) is 2.75. The Morgan fingerprint density at radius 1 is 1.36 bits per heavy atom. The fourth-order valence-electron chi connectivity index (χ4n) is 1.89. The third kappa shape index (κ3) is 1.99. The van der Waals surface area contributed by atoms with Gasteiger partial charge < -0.3 is 0 Å². The van der Waals surface area contributed by atoms with E-state index in [4.69, 9.17) is 11.6 Å². The molecule has 0 saturated heterocycles. The van der Waals surface area contributed by atoms with Gasteiger partial charge in [-0.25, -0.2) is 0 Å². The lowest BCUT2D eigenvalue weighted by Gasteiger charge is -2.11. The molecule has 2 heteroatoms. The molecule has 0 aliphatic heterocycles. The fourth-order valence-corrected chi connectivity index (χ4v) is 3.22. The van der Waals surface area contributed by atoms with E-state index in [0.29, 0.717) is 10.2 Å². The lowest BCUT2D eigenvalue weighted by Crippen LogP contribution is -1.98. The van der Waals surface area contributed by atoms with Crippen LogP contribution in [0.3, 0.4) is 0 Å². The van der Waals surface area contributed by atoms with E-state index >= 15 is 0 Å². The Morgan fingerprint density at radius 3 is 2.29 bits per heavy atom. The van der Waals surface area contributed by atoms with E-state index in [0.717, 1.165) is 10.9 Å². The third-order valence-electron chi connectivity index (χ3n) is 3.13. The zero-order valence-corrected chi connectivity index (χ0v) is 10.8. The van der Waals surface area contributed by atoms with E-state index in [-0.39, 0.29) is 0 Å². The molecule has 0 amide bonds. The second-order valence-corrected chi connectivity index (χ2v) is 6.18. The molecule has 1 aromatic carbocycles. The lowest BCUT2D eigenvalue weighted by atomic mass is 10.0. The Balaban J connectivity index is 2.13. The first kappa shape index (κ1) is 10.5. The molecule has 1 aliphatic carbocycles. The number of rotatable bonds is 2. The van der Waals surface area contributed by atoms with Crippen molar-refractivity contribution in [2.75, 3.05) is 0 Å². The van der Waals surface area contributed by atoms with Crippen molar-refractivity contribution in [3.05, 3.63) is 34.9 Å². The average molecular weight is 274 g/mol. The summed E-state index contributed by atoms with van der Waals surface area (Å²) in [7, 11) is 0. The van der Waals surface area contributed by atoms with Gasteiger partial charge in [-0.3, -0.25) is 0 Å². The Morgan fingerprint density at radius 2 is 1.86 bits per heavy atom. The van der Waals surface area contributed by atoms with Gasteiger partial charge in [-0.2, -0.15) is 0 Å². The van der Waals surface area contributed by atoms with Crippen LogP contribution in [0.5, 0.6) is 0 Å². The molecular weight excluding hydrogens is 259 g/mol. The van der Waals surface area contributed by atoms with Crippen LogP contribution in [0, 0.1) is 11.3 Å². The lowest BCUT2D eigenvalue weighted by molar-refractivity contribution is 0.555. The summed E-state index contributed by atoms with van der Waals surface area (Å²) >= 11 is 9.62. The van der Waals surface area contributed by atoms with Gasteiger partial charge in [0.2, 0.25) is 0 Å². The molecule has 1 aromatic rings. The quantitative estimate of drug-likeness (QED) is 0.678. The van der Waals surface area contributed by atoms with Gasteiger partial charge in [-0.05, 0) is 35.4 Å². The molecule has 0 N–H and O–H groups in total. The predicted molar refractivity (Wildman–Crippen MR) is 65.0 cm³/mol. The highest BCUT2D eigenvalue weighted by Gasteiger charge is 2.49.